The summed E-state index contributed by atoms with van der Waals surface area (Å²) in [5.41, 5.74) is 2.86. The highest BCUT2D eigenvalue weighted by Gasteiger charge is 2.22. The second-order valence-electron chi connectivity index (χ2n) is 5.47. The third-order valence-electron chi connectivity index (χ3n) is 3.64. The molecule has 1 N–H and O–H groups in total. The predicted molar refractivity (Wildman–Crippen MR) is 89.9 cm³/mol. The molecular weight excluding hydrogens is 316 g/mol. The summed E-state index contributed by atoms with van der Waals surface area (Å²) in [6, 6.07) is 9.69. The van der Waals surface area contributed by atoms with Gasteiger partial charge in [0.2, 0.25) is 0 Å². The summed E-state index contributed by atoms with van der Waals surface area (Å²) in [6.07, 6.45) is 0. The molecule has 2 aromatic carbocycles. The zero-order valence-corrected chi connectivity index (χ0v) is 13.8. The summed E-state index contributed by atoms with van der Waals surface area (Å²) in [4.78, 5) is 22.9. The van der Waals surface area contributed by atoms with Crippen molar-refractivity contribution in [1.82, 2.24) is 5.32 Å². The van der Waals surface area contributed by atoms with Gasteiger partial charge in [-0.05, 0) is 44.0 Å². The van der Waals surface area contributed by atoms with Crippen molar-refractivity contribution < 1.29 is 9.72 Å². The molecule has 23 heavy (non-hydrogen) atoms. The third-order valence-corrected chi connectivity index (χ3v) is 3.88. The lowest BCUT2D eigenvalue weighted by Crippen LogP contribution is -2.27. The molecule has 0 unspecified atom stereocenters. The van der Waals surface area contributed by atoms with E-state index in [-0.39, 0.29) is 22.3 Å². The smallest absolute Gasteiger partial charge is 0.283 e. The van der Waals surface area contributed by atoms with Crippen LogP contribution in [0.25, 0.3) is 0 Å². The van der Waals surface area contributed by atoms with Crippen LogP contribution in [0.5, 0.6) is 0 Å². The standard InChI is InChI=1S/C17H17ClN2O3/c1-10-4-6-14(11(2)8-10)12(3)19-17(21)15-7-5-13(18)9-16(15)20(22)23/h4-9,12H,1-3H3,(H,19,21)/t12-/m0/s1. The SMILES string of the molecule is Cc1ccc([C@H](C)NC(=O)c2ccc(Cl)cc2[N+](=O)[O-])c(C)c1. The largest absolute Gasteiger partial charge is 0.345 e. The lowest BCUT2D eigenvalue weighted by atomic mass is 10.00. The van der Waals surface area contributed by atoms with Gasteiger partial charge >= 0.3 is 0 Å². The molecule has 0 aliphatic rings. The van der Waals surface area contributed by atoms with E-state index in [2.05, 4.69) is 5.32 Å². The Morgan fingerprint density at radius 1 is 1.22 bits per heavy atom. The molecule has 0 radical (unpaired) electrons. The average molecular weight is 333 g/mol. The van der Waals surface area contributed by atoms with Gasteiger partial charge in [-0.1, -0.05) is 35.4 Å². The van der Waals surface area contributed by atoms with Crippen molar-refractivity contribution in [1.29, 1.82) is 0 Å². The zero-order valence-electron chi connectivity index (χ0n) is 13.1. The number of amides is 1. The molecule has 0 aromatic heterocycles. The van der Waals surface area contributed by atoms with Gasteiger partial charge in [-0.25, -0.2) is 0 Å². The zero-order chi connectivity index (χ0) is 17.1. The van der Waals surface area contributed by atoms with Crippen LogP contribution in [0.15, 0.2) is 36.4 Å². The second kappa shape index (κ2) is 6.79. The molecule has 0 saturated heterocycles. The molecule has 5 nitrogen and oxygen atoms in total. The lowest BCUT2D eigenvalue weighted by Gasteiger charge is -2.17. The fourth-order valence-electron chi connectivity index (χ4n) is 2.51. The van der Waals surface area contributed by atoms with E-state index < -0.39 is 10.8 Å². The van der Waals surface area contributed by atoms with E-state index in [9.17, 15) is 14.9 Å². The minimum Gasteiger partial charge on any atom is -0.345 e. The Morgan fingerprint density at radius 2 is 1.91 bits per heavy atom. The topological polar surface area (TPSA) is 72.2 Å². The first kappa shape index (κ1) is 17.0. The van der Waals surface area contributed by atoms with E-state index >= 15 is 0 Å². The molecule has 2 rings (SSSR count). The Balaban J connectivity index is 2.27. The van der Waals surface area contributed by atoms with E-state index in [1.165, 1.54) is 18.2 Å². The average Bonchev–Trinajstić information content (AvgIpc) is 2.46. The molecule has 0 aliphatic carbocycles. The molecule has 120 valence electrons. The number of hydrogen-bond acceptors (Lipinski definition) is 3. The van der Waals surface area contributed by atoms with Crippen LogP contribution in [0.4, 0.5) is 5.69 Å². The fraction of sp³-hybridized carbons (Fsp3) is 0.235. The maximum Gasteiger partial charge on any atom is 0.283 e. The molecule has 1 atom stereocenters. The minimum atomic E-state index is -0.609. The number of benzene rings is 2. The van der Waals surface area contributed by atoms with Crippen molar-refractivity contribution in [2.75, 3.05) is 0 Å². The van der Waals surface area contributed by atoms with Crippen LogP contribution >= 0.6 is 11.6 Å². The van der Waals surface area contributed by atoms with Gasteiger partial charge < -0.3 is 5.32 Å². The van der Waals surface area contributed by atoms with E-state index in [4.69, 9.17) is 11.6 Å². The van der Waals surface area contributed by atoms with E-state index in [1.54, 1.807) is 0 Å². The van der Waals surface area contributed by atoms with Crippen molar-refractivity contribution in [3.05, 3.63) is 73.8 Å². The number of nitrogens with zero attached hydrogens (tertiary/aromatic N) is 1. The molecule has 0 aliphatic heterocycles. The predicted octanol–water partition coefficient (Wildman–Crippen LogP) is 4.36. The normalized spacial score (nSPS) is 11.8. The van der Waals surface area contributed by atoms with Gasteiger partial charge in [-0.3, -0.25) is 14.9 Å². The molecule has 0 bridgehead atoms. The van der Waals surface area contributed by atoms with Crippen molar-refractivity contribution >= 4 is 23.2 Å². The molecule has 0 heterocycles. The monoisotopic (exact) mass is 332 g/mol. The summed E-state index contributed by atoms with van der Waals surface area (Å²) < 4.78 is 0. The number of nitro groups is 1. The van der Waals surface area contributed by atoms with Crippen molar-refractivity contribution in [3.63, 3.8) is 0 Å². The van der Waals surface area contributed by atoms with Crippen LogP contribution < -0.4 is 5.32 Å². The van der Waals surface area contributed by atoms with E-state index in [0.717, 1.165) is 16.7 Å². The van der Waals surface area contributed by atoms with Crippen molar-refractivity contribution in [2.24, 2.45) is 0 Å². The maximum atomic E-state index is 12.4. The number of hydrogen-bond donors (Lipinski definition) is 1. The van der Waals surface area contributed by atoms with Gasteiger partial charge in [0.15, 0.2) is 0 Å². The Hall–Kier alpha value is -2.40. The number of carbonyl (C=O) groups is 1. The minimum absolute atomic E-state index is 0.00369. The van der Waals surface area contributed by atoms with Crippen molar-refractivity contribution in [2.45, 2.75) is 26.8 Å². The first-order chi connectivity index (χ1) is 10.8. The van der Waals surface area contributed by atoms with Gasteiger partial charge in [-0.2, -0.15) is 0 Å². The molecule has 0 fully saturated rings. The lowest BCUT2D eigenvalue weighted by molar-refractivity contribution is -0.385. The van der Waals surface area contributed by atoms with Crippen LogP contribution in [0, 0.1) is 24.0 Å². The summed E-state index contributed by atoms with van der Waals surface area (Å²) in [5, 5.41) is 14.1. The molecule has 0 saturated carbocycles. The number of aryl methyl sites for hydroxylation is 2. The van der Waals surface area contributed by atoms with Gasteiger partial charge in [0, 0.05) is 11.1 Å². The van der Waals surface area contributed by atoms with Crippen molar-refractivity contribution in [3.8, 4) is 0 Å². The summed E-state index contributed by atoms with van der Waals surface area (Å²) >= 11 is 5.77. The first-order valence-electron chi connectivity index (χ1n) is 7.11. The quantitative estimate of drug-likeness (QED) is 0.668. The highest BCUT2D eigenvalue weighted by Crippen LogP contribution is 2.25. The summed E-state index contributed by atoms with van der Waals surface area (Å²) in [5.74, 6) is -0.499. The third kappa shape index (κ3) is 3.87. The van der Waals surface area contributed by atoms with Gasteiger partial charge in [0.1, 0.15) is 5.56 Å². The molecular formula is C17H17ClN2O3. The maximum absolute atomic E-state index is 12.4. The number of rotatable bonds is 4. The summed E-state index contributed by atoms with van der Waals surface area (Å²) in [7, 11) is 0. The Morgan fingerprint density at radius 3 is 2.52 bits per heavy atom. The molecule has 2 aromatic rings. The Bertz CT molecular complexity index is 774. The highest BCUT2D eigenvalue weighted by atomic mass is 35.5. The van der Waals surface area contributed by atoms with Crippen LogP contribution in [-0.4, -0.2) is 10.8 Å². The molecule has 1 amide bonds. The van der Waals surface area contributed by atoms with Gasteiger partial charge in [0.05, 0.1) is 11.0 Å². The fourth-order valence-corrected chi connectivity index (χ4v) is 2.68. The van der Waals surface area contributed by atoms with Crippen LogP contribution in [0.3, 0.4) is 0 Å². The summed E-state index contributed by atoms with van der Waals surface area (Å²) in [6.45, 7) is 5.81. The van der Waals surface area contributed by atoms with E-state index in [1.807, 2.05) is 39.0 Å². The first-order valence-corrected chi connectivity index (χ1v) is 7.49. The van der Waals surface area contributed by atoms with Crippen LogP contribution in [0.2, 0.25) is 5.02 Å². The number of nitrogens with one attached hydrogen (secondary N) is 1. The van der Waals surface area contributed by atoms with E-state index in [0.29, 0.717) is 0 Å². The Kier molecular flexibility index (Phi) is 5.01. The number of carbonyl (C=O) groups excluding carboxylic acids is 1. The van der Waals surface area contributed by atoms with Gasteiger partial charge in [-0.15, -0.1) is 0 Å². The van der Waals surface area contributed by atoms with Crippen LogP contribution in [0.1, 0.15) is 40.0 Å². The number of nitro benzene ring substituents is 1. The Labute approximate surface area is 139 Å². The molecule has 6 heteroatoms. The van der Waals surface area contributed by atoms with Gasteiger partial charge in [0.25, 0.3) is 11.6 Å². The number of halogens is 1. The molecule has 0 spiro atoms. The second-order valence-corrected chi connectivity index (χ2v) is 5.91. The highest BCUT2D eigenvalue weighted by molar-refractivity contribution is 6.31. The van der Waals surface area contributed by atoms with Crippen LogP contribution in [-0.2, 0) is 0 Å².